The van der Waals surface area contributed by atoms with E-state index in [2.05, 4.69) is 5.32 Å². The Kier molecular flexibility index (Phi) is 5.42. The summed E-state index contributed by atoms with van der Waals surface area (Å²) in [6.45, 7) is 1.97. The van der Waals surface area contributed by atoms with Gasteiger partial charge in [0, 0.05) is 18.0 Å². The van der Waals surface area contributed by atoms with E-state index in [-0.39, 0.29) is 42.5 Å². The third-order valence-corrected chi connectivity index (χ3v) is 4.50. The average Bonchev–Trinajstić information content (AvgIpc) is 2.60. The monoisotopic (exact) mass is 376 g/mol. The van der Waals surface area contributed by atoms with Gasteiger partial charge in [0.25, 0.3) is 5.91 Å². The molecule has 0 fully saturated rings. The number of carbonyl (C=O) groups is 2. The molecule has 2 amide bonds. The van der Waals surface area contributed by atoms with Gasteiger partial charge in [0.15, 0.2) is 6.61 Å². The molecular weight excluding hydrogens is 359 g/mol. The van der Waals surface area contributed by atoms with Gasteiger partial charge in [0.05, 0.1) is 11.7 Å². The molecule has 1 unspecified atom stereocenters. The first-order valence-corrected chi connectivity index (χ1v) is 8.60. The van der Waals surface area contributed by atoms with Gasteiger partial charge in [-0.1, -0.05) is 29.8 Å². The first kappa shape index (κ1) is 18.2. The number of hydrogen-bond acceptors (Lipinski definition) is 3. The Morgan fingerprint density at radius 2 is 2.12 bits per heavy atom. The number of benzene rings is 2. The summed E-state index contributed by atoms with van der Waals surface area (Å²) in [5.41, 5.74) is 1.29. The maximum Gasteiger partial charge on any atom is 0.265 e. The summed E-state index contributed by atoms with van der Waals surface area (Å²) in [6.07, 6.45) is 0.128. The van der Waals surface area contributed by atoms with E-state index in [0.29, 0.717) is 17.0 Å². The predicted molar refractivity (Wildman–Crippen MR) is 96.9 cm³/mol. The molecule has 5 nitrogen and oxygen atoms in total. The van der Waals surface area contributed by atoms with Crippen molar-refractivity contribution in [2.75, 3.05) is 18.1 Å². The van der Waals surface area contributed by atoms with Crippen molar-refractivity contribution in [1.29, 1.82) is 0 Å². The van der Waals surface area contributed by atoms with Crippen molar-refractivity contribution in [3.05, 3.63) is 58.9 Å². The molecule has 1 N–H and O–H groups in total. The van der Waals surface area contributed by atoms with Gasteiger partial charge in [-0.05, 0) is 36.8 Å². The van der Waals surface area contributed by atoms with Crippen molar-refractivity contribution in [2.24, 2.45) is 0 Å². The molecule has 1 aliphatic heterocycles. The summed E-state index contributed by atoms with van der Waals surface area (Å²) in [7, 11) is 0. The number of halogens is 2. The van der Waals surface area contributed by atoms with E-state index in [1.807, 2.05) is 12.1 Å². The maximum absolute atomic E-state index is 13.1. The summed E-state index contributed by atoms with van der Waals surface area (Å²) in [4.78, 5) is 25.9. The van der Waals surface area contributed by atoms with Crippen LogP contribution in [0, 0.1) is 5.82 Å². The Hall–Kier alpha value is -2.60. The van der Waals surface area contributed by atoms with Crippen molar-refractivity contribution in [3.8, 4) is 5.75 Å². The fourth-order valence-corrected chi connectivity index (χ4v) is 3.19. The lowest BCUT2D eigenvalue weighted by molar-refractivity contribution is -0.122. The van der Waals surface area contributed by atoms with Gasteiger partial charge in [0.2, 0.25) is 5.91 Å². The zero-order valence-corrected chi connectivity index (χ0v) is 14.9. The molecule has 0 saturated carbocycles. The summed E-state index contributed by atoms with van der Waals surface area (Å²) in [5.74, 6) is -0.221. The normalized spacial score (nSPS) is 14.4. The second kappa shape index (κ2) is 7.74. The third kappa shape index (κ3) is 3.96. The molecule has 0 radical (unpaired) electrons. The van der Waals surface area contributed by atoms with Crippen LogP contribution in [0.1, 0.15) is 24.9 Å². The van der Waals surface area contributed by atoms with Gasteiger partial charge >= 0.3 is 0 Å². The fourth-order valence-electron chi connectivity index (χ4n) is 2.86. The van der Waals surface area contributed by atoms with Crippen molar-refractivity contribution in [2.45, 2.75) is 19.4 Å². The molecule has 0 bridgehead atoms. The van der Waals surface area contributed by atoms with Crippen LogP contribution in [0.2, 0.25) is 5.02 Å². The molecule has 0 spiro atoms. The van der Waals surface area contributed by atoms with E-state index >= 15 is 0 Å². The molecule has 2 aromatic rings. The maximum atomic E-state index is 13.1. The molecule has 0 saturated heterocycles. The lowest BCUT2D eigenvalue weighted by atomic mass is 10.1. The largest absolute Gasteiger partial charge is 0.482 e. The fraction of sp³-hybridized carbons (Fsp3) is 0.263. The van der Waals surface area contributed by atoms with Crippen LogP contribution in [0.4, 0.5) is 10.1 Å². The predicted octanol–water partition coefficient (Wildman–Crippen LogP) is 3.47. The minimum absolute atomic E-state index is 0.0414. The summed E-state index contributed by atoms with van der Waals surface area (Å²) < 4.78 is 18.5. The quantitative estimate of drug-likeness (QED) is 0.869. The standard InChI is InChI=1S/C19H18ClFN2O3/c1-12(14-7-6-13(21)10-15(14)20)22-18(24)8-9-23-16-4-2-3-5-17(16)26-11-19(23)25/h2-7,10,12H,8-9,11H2,1H3,(H,22,24). The van der Waals surface area contributed by atoms with Crippen molar-refractivity contribution >= 4 is 29.1 Å². The van der Waals surface area contributed by atoms with Gasteiger partial charge in [-0.2, -0.15) is 0 Å². The molecule has 1 heterocycles. The first-order chi connectivity index (χ1) is 12.5. The van der Waals surface area contributed by atoms with Crippen LogP contribution in [-0.4, -0.2) is 25.0 Å². The highest BCUT2D eigenvalue weighted by atomic mass is 35.5. The van der Waals surface area contributed by atoms with Crippen molar-refractivity contribution in [1.82, 2.24) is 5.32 Å². The second-order valence-corrected chi connectivity index (χ2v) is 6.41. The molecular formula is C19H18ClFN2O3. The van der Waals surface area contributed by atoms with Gasteiger partial charge < -0.3 is 15.0 Å². The highest BCUT2D eigenvalue weighted by molar-refractivity contribution is 6.31. The number of ether oxygens (including phenoxy) is 1. The Balaban J connectivity index is 1.61. The molecule has 3 rings (SSSR count). The molecule has 26 heavy (non-hydrogen) atoms. The number of carbonyl (C=O) groups excluding carboxylic acids is 2. The molecule has 7 heteroatoms. The first-order valence-electron chi connectivity index (χ1n) is 8.22. The van der Waals surface area contributed by atoms with Gasteiger partial charge in [-0.25, -0.2) is 4.39 Å². The summed E-state index contributed by atoms with van der Waals surface area (Å²) in [5, 5.41) is 3.08. The van der Waals surface area contributed by atoms with E-state index in [9.17, 15) is 14.0 Å². The highest BCUT2D eigenvalue weighted by Gasteiger charge is 2.25. The van der Waals surface area contributed by atoms with Crippen molar-refractivity contribution < 1.29 is 18.7 Å². The number of anilines is 1. The minimum Gasteiger partial charge on any atom is -0.482 e. The molecule has 0 aromatic heterocycles. The lowest BCUT2D eigenvalue weighted by Crippen LogP contribution is -2.41. The van der Waals surface area contributed by atoms with Crippen LogP contribution in [0.5, 0.6) is 5.75 Å². The SMILES string of the molecule is CC(NC(=O)CCN1C(=O)COc2ccccc21)c1ccc(F)cc1Cl. The van der Waals surface area contributed by atoms with Crippen molar-refractivity contribution in [3.63, 3.8) is 0 Å². The van der Waals surface area contributed by atoms with E-state index in [1.165, 1.54) is 12.1 Å². The Morgan fingerprint density at radius 3 is 2.88 bits per heavy atom. The Bertz CT molecular complexity index is 843. The number of nitrogens with zero attached hydrogens (tertiary/aromatic N) is 1. The minimum atomic E-state index is -0.429. The Labute approximate surface area is 155 Å². The molecule has 1 atom stereocenters. The molecule has 136 valence electrons. The van der Waals surface area contributed by atoms with E-state index in [0.717, 1.165) is 0 Å². The van der Waals surface area contributed by atoms with Crippen LogP contribution < -0.4 is 15.0 Å². The topological polar surface area (TPSA) is 58.6 Å². The molecule has 2 aromatic carbocycles. The number of para-hydroxylation sites is 2. The average molecular weight is 377 g/mol. The number of rotatable bonds is 5. The van der Waals surface area contributed by atoms with Gasteiger partial charge in [-0.15, -0.1) is 0 Å². The van der Waals surface area contributed by atoms with E-state index in [1.54, 1.807) is 30.0 Å². The molecule has 1 aliphatic rings. The Morgan fingerprint density at radius 1 is 1.35 bits per heavy atom. The van der Waals surface area contributed by atoms with Crippen LogP contribution >= 0.6 is 11.6 Å². The van der Waals surface area contributed by atoms with Crippen LogP contribution in [0.3, 0.4) is 0 Å². The van der Waals surface area contributed by atoms with E-state index in [4.69, 9.17) is 16.3 Å². The second-order valence-electron chi connectivity index (χ2n) is 6.01. The smallest absolute Gasteiger partial charge is 0.265 e. The third-order valence-electron chi connectivity index (χ3n) is 4.18. The van der Waals surface area contributed by atoms with E-state index < -0.39 is 5.82 Å². The lowest BCUT2D eigenvalue weighted by Gasteiger charge is -2.29. The number of hydrogen-bond donors (Lipinski definition) is 1. The summed E-state index contributed by atoms with van der Waals surface area (Å²) in [6, 6.07) is 10.9. The summed E-state index contributed by atoms with van der Waals surface area (Å²) >= 11 is 6.02. The number of nitrogens with one attached hydrogen (secondary N) is 1. The number of fused-ring (bicyclic) bond motifs is 1. The number of amides is 2. The van der Waals surface area contributed by atoms with Crippen LogP contribution in [-0.2, 0) is 9.59 Å². The van der Waals surface area contributed by atoms with Crippen LogP contribution in [0.25, 0.3) is 0 Å². The highest BCUT2D eigenvalue weighted by Crippen LogP contribution is 2.31. The van der Waals surface area contributed by atoms with Gasteiger partial charge in [0.1, 0.15) is 11.6 Å². The van der Waals surface area contributed by atoms with Crippen LogP contribution in [0.15, 0.2) is 42.5 Å². The van der Waals surface area contributed by atoms with Gasteiger partial charge in [-0.3, -0.25) is 9.59 Å². The zero-order valence-electron chi connectivity index (χ0n) is 14.2. The zero-order chi connectivity index (χ0) is 18.7. The molecule has 0 aliphatic carbocycles.